The number of nitrogens with one attached hydrogen (secondary N) is 1. The van der Waals surface area contributed by atoms with Crippen molar-refractivity contribution in [2.75, 3.05) is 11.1 Å². The summed E-state index contributed by atoms with van der Waals surface area (Å²) in [6.45, 7) is 4.02. The highest BCUT2D eigenvalue weighted by Gasteiger charge is 2.15. The largest absolute Gasteiger partial charge is 0.324 e. The first-order chi connectivity index (χ1) is 14.2. The van der Waals surface area contributed by atoms with Crippen LogP contribution in [0.5, 0.6) is 0 Å². The molecular formula is C21H20BN5OS. The van der Waals surface area contributed by atoms with Crippen LogP contribution in [0.25, 0.3) is 16.6 Å². The van der Waals surface area contributed by atoms with Gasteiger partial charge in [-0.2, -0.15) is 0 Å². The van der Waals surface area contributed by atoms with Crippen LogP contribution in [-0.2, 0) is 4.79 Å². The summed E-state index contributed by atoms with van der Waals surface area (Å²) in [6.07, 6.45) is 5.34. The van der Waals surface area contributed by atoms with Crippen LogP contribution >= 0.6 is 11.8 Å². The number of aryl methyl sites for hydroxylation is 1. The second-order valence-corrected chi connectivity index (χ2v) is 7.50. The van der Waals surface area contributed by atoms with Crippen LogP contribution in [0.2, 0.25) is 6.82 Å². The maximum atomic E-state index is 12.5. The van der Waals surface area contributed by atoms with Crippen LogP contribution in [-0.4, -0.2) is 38.5 Å². The lowest BCUT2D eigenvalue weighted by atomic mass is 9.76. The Kier molecular flexibility index (Phi) is 5.62. The predicted molar refractivity (Wildman–Crippen MR) is 120 cm³/mol. The van der Waals surface area contributed by atoms with Gasteiger partial charge in [0.25, 0.3) is 0 Å². The highest BCUT2D eigenvalue weighted by atomic mass is 32.2. The van der Waals surface area contributed by atoms with Gasteiger partial charge in [-0.25, -0.2) is 4.98 Å². The first kappa shape index (κ1) is 19.2. The molecule has 4 aromatic rings. The smallest absolute Gasteiger partial charge is 0.234 e. The molecule has 0 atom stereocenters. The average molecular weight is 401 g/mol. The van der Waals surface area contributed by atoms with Gasteiger partial charge in [0.05, 0.1) is 22.6 Å². The molecule has 1 N–H and O–H groups in total. The first-order valence-electron chi connectivity index (χ1n) is 9.42. The zero-order chi connectivity index (χ0) is 20.2. The number of pyridine rings is 2. The van der Waals surface area contributed by atoms with Crippen molar-refractivity contribution in [2.45, 2.75) is 18.9 Å². The third kappa shape index (κ3) is 4.02. The molecule has 0 spiro atoms. The Bertz CT molecular complexity index is 1170. The van der Waals surface area contributed by atoms with Crippen LogP contribution < -0.4 is 10.9 Å². The van der Waals surface area contributed by atoms with Crippen molar-refractivity contribution in [2.24, 2.45) is 0 Å². The topological polar surface area (TPSA) is 72.7 Å². The van der Waals surface area contributed by atoms with Gasteiger partial charge in [0, 0.05) is 35.3 Å². The molecule has 0 aliphatic carbocycles. The predicted octanol–water partition coefficient (Wildman–Crippen LogP) is 2.96. The molecule has 0 unspecified atom stereocenters. The molecule has 29 heavy (non-hydrogen) atoms. The van der Waals surface area contributed by atoms with E-state index in [9.17, 15) is 4.79 Å². The van der Waals surface area contributed by atoms with Crippen LogP contribution in [0.1, 0.15) is 5.69 Å². The maximum Gasteiger partial charge on any atom is 0.234 e. The highest BCUT2D eigenvalue weighted by Crippen LogP contribution is 2.27. The summed E-state index contributed by atoms with van der Waals surface area (Å²) in [5.74, 6) is 0.174. The van der Waals surface area contributed by atoms with Gasteiger partial charge >= 0.3 is 0 Å². The Balaban J connectivity index is 1.56. The summed E-state index contributed by atoms with van der Waals surface area (Å²) in [7, 11) is 0.765. The molecule has 1 amide bonds. The number of amides is 1. The van der Waals surface area contributed by atoms with E-state index in [0.717, 1.165) is 46.0 Å². The molecule has 0 radical (unpaired) electrons. The maximum absolute atomic E-state index is 12.5. The fourth-order valence-corrected chi connectivity index (χ4v) is 4.06. The SMILES string of the molecule is CBc1ncccc1NC(=O)CSc1ncc(C)n1-c1cccc2cccnc12. The summed E-state index contributed by atoms with van der Waals surface area (Å²) in [5.41, 5.74) is 4.50. The number of aromatic nitrogens is 4. The van der Waals surface area contributed by atoms with Crippen LogP contribution in [0.3, 0.4) is 0 Å². The lowest BCUT2D eigenvalue weighted by Gasteiger charge is -2.12. The van der Waals surface area contributed by atoms with Crippen LogP contribution in [0, 0.1) is 6.92 Å². The number of nitrogens with zero attached hydrogens (tertiary/aromatic N) is 4. The third-order valence-electron chi connectivity index (χ3n) is 4.59. The fraction of sp³-hybridized carbons (Fsp3) is 0.143. The number of hydrogen-bond donors (Lipinski definition) is 1. The minimum atomic E-state index is -0.0825. The van der Waals surface area contributed by atoms with E-state index in [1.165, 1.54) is 11.8 Å². The number of fused-ring (bicyclic) bond motifs is 1. The Hall–Kier alpha value is -3.13. The number of para-hydroxylation sites is 1. The van der Waals surface area contributed by atoms with Crippen molar-refractivity contribution in [3.63, 3.8) is 0 Å². The molecule has 4 rings (SSSR count). The molecule has 6 nitrogen and oxygen atoms in total. The van der Waals surface area contributed by atoms with Crippen molar-refractivity contribution in [1.29, 1.82) is 0 Å². The van der Waals surface area contributed by atoms with Crippen molar-refractivity contribution in [1.82, 2.24) is 19.5 Å². The molecule has 0 aliphatic heterocycles. The van der Waals surface area contributed by atoms with E-state index in [1.807, 2.05) is 62.4 Å². The van der Waals surface area contributed by atoms with Gasteiger partial charge in [-0.15, -0.1) is 0 Å². The Labute approximate surface area is 174 Å². The second kappa shape index (κ2) is 8.49. The quantitative estimate of drug-likeness (QED) is 0.397. The van der Waals surface area contributed by atoms with E-state index in [-0.39, 0.29) is 11.7 Å². The number of thioether (sulfide) groups is 1. The molecule has 0 fully saturated rings. The van der Waals surface area contributed by atoms with Gasteiger partial charge in [0.1, 0.15) is 0 Å². The molecule has 1 aromatic carbocycles. The van der Waals surface area contributed by atoms with Gasteiger partial charge in [-0.1, -0.05) is 36.8 Å². The molecule has 3 aromatic heterocycles. The molecule has 8 heteroatoms. The summed E-state index contributed by atoms with van der Waals surface area (Å²) >= 11 is 1.40. The zero-order valence-corrected chi connectivity index (χ0v) is 17.1. The van der Waals surface area contributed by atoms with E-state index in [2.05, 4.69) is 24.8 Å². The normalized spacial score (nSPS) is 10.8. The number of anilines is 1. The minimum absolute atomic E-state index is 0.0825. The lowest BCUT2D eigenvalue weighted by molar-refractivity contribution is -0.113. The van der Waals surface area contributed by atoms with Gasteiger partial charge in [-0.3, -0.25) is 19.3 Å². The summed E-state index contributed by atoms with van der Waals surface area (Å²) < 4.78 is 2.05. The molecule has 3 heterocycles. The van der Waals surface area contributed by atoms with E-state index >= 15 is 0 Å². The molecule has 0 aliphatic rings. The van der Waals surface area contributed by atoms with Crippen LogP contribution in [0.15, 0.2) is 66.2 Å². The number of hydrogen-bond acceptors (Lipinski definition) is 5. The fourth-order valence-electron chi connectivity index (χ4n) is 3.23. The molecular weight excluding hydrogens is 381 g/mol. The van der Waals surface area contributed by atoms with Crippen molar-refractivity contribution in [3.8, 4) is 5.69 Å². The number of carbonyl (C=O) groups excluding carboxylic acids is 1. The van der Waals surface area contributed by atoms with Gasteiger partial charge in [0.15, 0.2) is 12.4 Å². The Morgan fingerprint density at radius 3 is 2.76 bits per heavy atom. The van der Waals surface area contributed by atoms with Crippen LogP contribution in [0.4, 0.5) is 5.69 Å². The van der Waals surface area contributed by atoms with Crippen molar-refractivity contribution in [3.05, 3.63) is 66.7 Å². The van der Waals surface area contributed by atoms with E-state index in [0.29, 0.717) is 0 Å². The summed E-state index contributed by atoms with van der Waals surface area (Å²) in [6, 6.07) is 13.7. The zero-order valence-electron chi connectivity index (χ0n) is 16.3. The summed E-state index contributed by atoms with van der Waals surface area (Å²) in [5, 5.41) is 4.78. The van der Waals surface area contributed by atoms with E-state index in [1.54, 1.807) is 12.4 Å². The number of benzene rings is 1. The highest BCUT2D eigenvalue weighted by molar-refractivity contribution is 7.99. The van der Waals surface area contributed by atoms with Crippen molar-refractivity contribution < 1.29 is 4.79 Å². The standard InChI is InChI=1S/C21H20BN5OS/c1-14-12-25-21(27(14)17-9-3-6-15-7-4-10-23-19(15)17)29-13-18(28)26-16-8-5-11-24-20(16)22-2/h3-12,22H,13H2,1-2H3,(H,26,28). The molecule has 0 saturated carbocycles. The monoisotopic (exact) mass is 401 g/mol. The molecule has 144 valence electrons. The van der Waals surface area contributed by atoms with Crippen molar-refractivity contribution >= 4 is 47.1 Å². The van der Waals surface area contributed by atoms with Gasteiger partial charge < -0.3 is 5.32 Å². The summed E-state index contributed by atoms with van der Waals surface area (Å²) in [4.78, 5) is 25.9. The Morgan fingerprint density at radius 1 is 1.10 bits per heavy atom. The first-order valence-corrected chi connectivity index (χ1v) is 10.4. The van der Waals surface area contributed by atoms with E-state index < -0.39 is 0 Å². The molecule has 0 bridgehead atoms. The Morgan fingerprint density at radius 2 is 1.90 bits per heavy atom. The van der Waals surface area contributed by atoms with E-state index in [4.69, 9.17) is 0 Å². The number of carbonyl (C=O) groups is 1. The third-order valence-corrected chi connectivity index (χ3v) is 5.54. The van der Waals surface area contributed by atoms with Gasteiger partial charge in [0.2, 0.25) is 5.91 Å². The molecule has 0 saturated heterocycles. The number of imidazole rings is 1. The average Bonchev–Trinajstić information content (AvgIpc) is 3.12. The lowest BCUT2D eigenvalue weighted by Crippen LogP contribution is -2.25. The minimum Gasteiger partial charge on any atom is -0.324 e. The number of rotatable bonds is 6. The van der Waals surface area contributed by atoms with Gasteiger partial charge in [-0.05, 0) is 31.2 Å². The second-order valence-electron chi connectivity index (χ2n) is 6.56.